The molecule has 72 valence electrons. The van der Waals surface area contributed by atoms with Crippen molar-refractivity contribution in [2.24, 2.45) is 0 Å². The first-order valence-electron chi connectivity index (χ1n) is 4.78. The molecule has 0 bridgehead atoms. The first-order valence-corrected chi connectivity index (χ1v) is 5.83. The van der Waals surface area contributed by atoms with Gasteiger partial charge >= 0.3 is 0 Å². The summed E-state index contributed by atoms with van der Waals surface area (Å²) in [5.41, 5.74) is 1.32. The van der Waals surface area contributed by atoms with Gasteiger partial charge in [0.2, 0.25) is 0 Å². The molecule has 1 fully saturated rings. The molecule has 1 unspecified atom stereocenters. The number of rotatable bonds is 3. The topological polar surface area (TPSA) is 29.9 Å². The highest BCUT2D eigenvalue weighted by Crippen LogP contribution is 2.29. The maximum Gasteiger partial charge on any atom is 0.0959 e. The van der Waals surface area contributed by atoms with Crippen molar-refractivity contribution in [2.75, 3.05) is 12.3 Å². The molecule has 0 spiro atoms. The van der Waals surface area contributed by atoms with Crippen LogP contribution >= 0.6 is 11.8 Å². The zero-order valence-corrected chi connectivity index (χ0v) is 8.68. The zero-order chi connectivity index (χ0) is 9.10. The molecule has 0 amide bonds. The molecule has 2 rings (SSSR count). The maximum absolute atomic E-state index is 4.31. The molecule has 1 aromatic rings. The van der Waals surface area contributed by atoms with Crippen LogP contribution in [0.2, 0.25) is 0 Å². The summed E-state index contributed by atoms with van der Waals surface area (Å²) in [6.45, 7) is 4.33. The largest absolute Gasteiger partial charge is 0.300 e. The molecule has 1 N–H and O–H groups in total. The summed E-state index contributed by atoms with van der Waals surface area (Å²) in [4.78, 5) is 0. The minimum absolute atomic E-state index is 0.467. The molecule has 1 saturated heterocycles. The highest BCUT2D eigenvalue weighted by Gasteiger charge is 2.19. The Morgan fingerprint density at radius 3 is 3.38 bits per heavy atom. The van der Waals surface area contributed by atoms with Crippen LogP contribution in [-0.2, 0) is 6.54 Å². The van der Waals surface area contributed by atoms with Crippen LogP contribution < -0.4 is 5.32 Å². The normalized spacial score (nSPS) is 22.4. The second-order valence-corrected chi connectivity index (χ2v) is 4.40. The summed E-state index contributed by atoms with van der Waals surface area (Å²) in [6, 6.07) is 2.12. The van der Waals surface area contributed by atoms with Crippen LogP contribution in [0, 0.1) is 0 Å². The number of aromatic nitrogens is 2. The van der Waals surface area contributed by atoms with Crippen molar-refractivity contribution in [1.29, 1.82) is 0 Å². The van der Waals surface area contributed by atoms with E-state index in [1.54, 1.807) is 0 Å². The molecule has 1 aromatic heterocycles. The van der Waals surface area contributed by atoms with Gasteiger partial charge in [-0.05, 0) is 12.5 Å². The Balaban J connectivity index is 2.13. The second kappa shape index (κ2) is 4.15. The predicted octanol–water partition coefficient (Wildman–Crippen LogP) is 1.63. The van der Waals surface area contributed by atoms with Crippen LogP contribution in [0.4, 0.5) is 0 Å². The van der Waals surface area contributed by atoms with Crippen LogP contribution in [0.1, 0.15) is 24.4 Å². The third-order valence-corrected chi connectivity index (χ3v) is 3.35. The highest BCUT2D eigenvalue weighted by molar-refractivity contribution is 7.99. The monoisotopic (exact) mass is 197 g/mol. The van der Waals surface area contributed by atoms with Crippen LogP contribution in [-0.4, -0.2) is 22.1 Å². The number of nitrogens with zero attached hydrogens (tertiary/aromatic N) is 2. The van der Waals surface area contributed by atoms with Crippen LogP contribution in [0.3, 0.4) is 0 Å². The lowest BCUT2D eigenvalue weighted by molar-refractivity contribution is 0.556. The number of aryl methyl sites for hydroxylation is 1. The lowest BCUT2D eigenvalue weighted by atomic mass is 10.4. The number of nitrogens with one attached hydrogen (secondary N) is 1. The average Bonchev–Trinajstić information content (AvgIpc) is 2.71. The quantitative estimate of drug-likeness (QED) is 0.798. The molecule has 0 aliphatic carbocycles. The predicted molar refractivity (Wildman–Crippen MR) is 55.7 cm³/mol. The van der Waals surface area contributed by atoms with Gasteiger partial charge in [-0.25, -0.2) is 0 Å². The second-order valence-electron chi connectivity index (χ2n) is 3.18. The minimum atomic E-state index is 0.467. The molecule has 1 atom stereocenters. The van der Waals surface area contributed by atoms with Crippen LogP contribution in [0.5, 0.6) is 0 Å². The van der Waals surface area contributed by atoms with Gasteiger partial charge in [0.05, 0.1) is 11.1 Å². The van der Waals surface area contributed by atoms with Crippen LogP contribution in [0.15, 0.2) is 12.3 Å². The fraction of sp³-hybridized carbons (Fsp3) is 0.667. The Kier molecular flexibility index (Phi) is 2.90. The van der Waals surface area contributed by atoms with Crippen molar-refractivity contribution in [2.45, 2.75) is 25.3 Å². The van der Waals surface area contributed by atoms with Crippen molar-refractivity contribution in [3.05, 3.63) is 18.0 Å². The molecule has 0 aromatic carbocycles. The molecule has 1 aliphatic heterocycles. The van der Waals surface area contributed by atoms with E-state index in [-0.39, 0.29) is 0 Å². The zero-order valence-electron chi connectivity index (χ0n) is 7.86. The van der Waals surface area contributed by atoms with Gasteiger partial charge < -0.3 is 0 Å². The van der Waals surface area contributed by atoms with E-state index in [9.17, 15) is 0 Å². The van der Waals surface area contributed by atoms with E-state index >= 15 is 0 Å². The van der Waals surface area contributed by atoms with Gasteiger partial charge in [0.25, 0.3) is 0 Å². The molecule has 0 saturated carbocycles. The fourth-order valence-electron chi connectivity index (χ4n) is 1.58. The molecular formula is C9H15N3S. The maximum atomic E-state index is 4.31. The van der Waals surface area contributed by atoms with Gasteiger partial charge in [0.1, 0.15) is 0 Å². The Labute approximate surface area is 82.9 Å². The summed E-state index contributed by atoms with van der Waals surface area (Å²) in [5, 5.41) is 8.24. The smallest absolute Gasteiger partial charge is 0.0959 e. The van der Waals surface area contributed by atoms with Crippen molar-refractivity contribution >= 4 is 11.8 Å². The summed E-state index contributed by atoms with van der Waals surface area (Å²) in [7, 11) is 0. The number of hydrogen-bond donors (Lipinski definition) is 1. The van der Waals surface area contributed by atoms with Gasteiger partial charge in [-0.3, -0.25) is 10.00 Å². The molecule has 0 radical (unpaired) electrons. The summed E-state index contributed by atoms with van der Waals surface area (Å²) in [6.07, 6.45) is 3.04. The molecule has 1 aliphatic rings. The summed E-state index contributed by atoms with van der Waals surface area (Å²) < 4.78 is 2.11. The first-order chi connectivity index (χ1) is 6.42. The van der Waals surface area contributed by atoms with Gasteiger partial charge in [0.15, 0.2) is 0 Å². The Bertz CT molecular complexity index is 266. The standard InChI is InChI=1S/C9H15N3S/c1-2-6-12-8(3-4-11-12)9-10-5-7-13-9/h3-4,9-10H,2,5-7H2,1H3. The lowest BCUT2D eigenvalue weighted by Gasteiger charge is -2.11. The molecule has 2 heterocycles. The van der Waals surface area contributed by atoms with Crippen molar-refractivity contribution in [1.82, 2.24) is 15.1 Å². The van der Waals surface area contributed by atoms with E-state index in [0.717, 1.165) is 19.5 Å². The third-order valence-electron chi connectivity index (χ3n) is 2.17. The molecule has 3 nitrogen and oxygen atoms in total. The van der Waals surface area contributed by atoms with Crippen molar-refractivity contribution in [3.8, 4) is 0 Å². The van der Waals surface area contributed by atoms with Gasteiger partial charge in [-0.15, -0.1) is 11.8 Å². The van der Waals surface area contributed by atoms with Crippen molar-refractivity contribution < 1.29 is 0 Å². The van der Waals surface area contributed by atoms with E-state index in [4.69, 9.17) is 0 Å². The Morgan fingerprint density at radius 1 is 1.77 bits per heavy atom. The van der Waals surface area contributed by atoms with E-state index in [0.29, 0.717) is 5.37 Å². The molecule has 4 heteroatoms. The number of hydrogen-bond acceptors (Lipinski definition) is 3. The van der Waals surface area contributed by atoms with Crippen LogP contribution in [0.25, 0.3) is 0 Å². The Hall–Kier alpha value is -0.480. The van der Waals surface area contributed by atoms with E-state index in [2.05, 4.69) is 28.1 Å². The summed E-state index contributed by atoms with van der Waals surface area (Å²) in [5.74, 6) is 1.21. The SMILES string of the molecule is CCCn1nccc1C1NCCS1. The third kappa shape index (κ3) is 1.89. The average molecular weight is 197 g/mol. The highest BCUT2D eigenvalue weighted by atomic mass is 32.2. The first kappa shape index (κ1) is 9.09. The van der Waals surface area contributed by atoms with E-state index < -0.39 is 0 Å². The number of thioether (sulfide) groups is 1. The van der Waals surface area contributed by atoms with Gasteiger partial charge in [-0.1, -0.05) is 6.92 Å². The minimum Gasteiger partial charge on any atom is -0.300 e. The molecule has 13 heavy (non-hydrogen) atoms. The van der Waals surface area contributed by atoms with E-state index in [1.165, 1.54) is 11.4 Å². The fourth-order valence-corrected chi connectivity index (χ4v) is 2.66. The van der Waals surface area contributed by atoms with E-state index in [1.807, 2.05) is 18.0 Å². The molecular weight excluding hydrogens is 182 g/mol. The Morgan fingerprint density at radius 2 is 2.69 bits per heavy atom. The van der Waals surface area contributed by atoms with Gasteiger partial charge in [-0.2, -0.15) is 5.10 Å². The summed E-state index contributed by atoms with van der Waals surface area (Å²) >= 11 is 1.97. The van der Waals surface area contributed by atoms with Gasteiger partial charge in [0, 0.05) is 25.0 Å². The van der Waals surface area contributed by atoms with Crippen molar-refractivity contribution in [3.63, 3.8) is 0 Å². The lowest BCUT2D eigenvalue weighted by Crippen LogP contribution is -2.16.